The number of Topliss-reactive ketones (excluding diaryl/α,β-unsaturated/α-hetero) is 1. The summed E-state index contributed by atoms with van der Waals surface area (Å²) in [5.74, 6) is 5.59. The Morgan fingerprint density at radius 3 is 2.75 bits per heavy atom. The van der Waals surface area contributed by atoms with Crippen LogP contribution in [-0.2, 0) is 4.79 Å². The largest absolute Gasteiger partial charge is 0.388 e. The lowest BCUT2D eigenvalue weighted by Crippen LogP contribution is -2.03. The zero-order chi connectivity index (χ0) is 9.14. The number of aliphatic hydroxyl groups is 1. The first-order chi connectivity index (χ1) is 5.66. The van der Waals surface area contributed by atoms with Crippen molar-refractivity contribution in [3.63, 3.8) is 0 Å². The molecule has 0 heterocycles. The number of aliphatic hydroxyl groups excluding tert-OH is 1. The van der Waals surface area contributed by atoms with Crippen molar-refractivity contribution in [2.75, 3.05) is 0 Å². The summed E-state index contributed by atoms with van der Waals surface area (Å²) in [4.78, 5) is 11.2. The van der Waals surface area contributed by atoms with E-state index in [-0.39, 0.29) is 12.2 Å². The van der Waals surface area contributed by atoms with E-state index in [2.05, 4.69) is 11.8 Å². The fourth-order valence-electron chi connectivity index (χ4n) is 1.16. The van der Waals surface area contributed by atoms with Crippen LogP contribution in [0.3, 0.4) is 0 Å². The predicted molar refractivity (Wildman–Crippen MR) is 46.4 cm³/mol. The molecule has 1 rings (SSSR count). The maximum absolute atomic E-state index is 11.2. The highest BCUT2D eigenvalue weighted by Crippen LogP contribution is 2.22. The van der Waals surface area contributed by atoms with Crippen LogP contribution >= 0.6 is 0 Å². The third-order valence-electron chi connectivity index (χ3n) is 1.94. The lowest BCUT2D eigenvalue weighted by molar-refractivity contribution is -0.115. The molecule has 1 unspecified atom stereocenters. The number of carbonyl (C=O) groups excluding carboxylic acids is 1. The summed E-state index contributed by atoms with van der Waals surface area (Å²) in [5, 5.41) is 9.29. The zero-order valence-electron chi connectivity index (χ0n) is 7.35. The highest BCUT2D eigenvalue weighted by Gasteiger charge is 2.26. The Labute approximate surface area is 72.3 Å². The molecule has 0 saturated heterocycles. The van der Waals surface area contributed by atoms with E-state index in [1.165, 1.54) is 0 Å². The minimum absolute atomic E-state index is 0.0269. The van der Waals surface area contributed by atoms with Crippen LogP contribution in [0.2, 0.25) is 0 Å². The first-order valence-corrected chi connectivity index (χ1v) is 4.07. The minimum Gasteiger partial charge on any atom is -0.388 e. The number of rotatable bonds is 0. The van der Waals surface area contributed by atoms with Gasteiger partial charge in [0, 0.05) is 12.8 Å². The summed E-state index contributed by atoms with van der Waals surface area (Å²) < 4.78 is 0. The van der Waals surface area contributed by atoms with E-state index in [9.17, 15) is 9.90 Å². The van der Waals surface area contributed by atoms with Gasteiger partial charge < -0.3 is 5.11 Å². The standard InChI is InChI=1S/C10H12O2/c1-3-4-5-8-7(2)9(11)6-10(8)12/h9,11H,3,6H2,1-2H3. The van der Waals surface area contributed by atoms with E-state index >= 15 is 0 Å². The molecule has 0 aromatic heterocycles. The van der Waals surface area contributed by atoms with Gasteiger partial charge in [0.2, 0.25) is 0 Å². The highest BCUT2D eigenvalue weighted by atomic mass is 16.3. The first-order valence-electron chi connectivity index (χ1n) is 4.07. The highest BCUT2D eigenvalue weighted by molar-refractivity contribution is 6.03. The van der Waals surface area contributed by atoms with Crippen molar-refractivity contribution >= 4 is 5.78 Å². The Hall–Kier alpha value is -1.07. The third kappa shape index (κ3) is 1.57. The molecule has 0 aliphatic heterocycles. The Morgan fingerprint density at radius 2 is 2.33 bits per heavy atom. The monoisotopic (exact) mass is 164 g/mol. The zero-order valence-corrected chi connectivity index (χ0v) is 7.35. The molecule has 64 valence electrons. The fourth-order valence-corrected chi connectivity index (χ4v) is 1.16. The lowest BCUT2D eigenvalue weighted by Gasteiger charge is -1.97. The fraction of sp³-hybridized carbons (Fsp3) is 0.500. The first kappa shape index (κ1) is 9.02. The van der Waals surface area contributed by atoms with Gasteiger partial charge >= 0.3 is 0 Å². The maximum Gasteiger partial charge on any atom is 0.174 e. The Bertz CT molecular complexity index is 289. The molecule has 1 aliphatic carbocycles. The van der Waals surface area contributed by atoms with Crippen molar-refractivity contribution in [1.82, 2.24) is 0 Å². The Balaban J connectivity index is 2.93. The molecule has 1 N–H and O–H groups in total. The van der Waals surface area contributed by atoms with Crippen LogP contribution in [-0.4, -0.2) is 17.0 Å². The van der Waals surface area contributed by atoms with Gasteiger partial charge in [0.05, 0.1) is 11.7 Å². The van der Waals surface area contributed by atoms with E-state index < -0.39 is 6.10 Å². The molecule has 0 fully saturated rings. The van der Waals surface area contributed by atoms with Gasteiger partial charge in [0.25, 0.3) is 0 Å². The molecule has 0 bridgehead atoms. The Morgan fingerprint density at radius 1 is 1.67 bits per heavy atom. The van der Waals surface area contributed by atoms with Gasteiger partial charge in [0.15, 0.2) is 5.78 Å². The van der Waals surface area contributed by atoms with Crippen molar-refractivity contribution in [1.29, 1.82) is 0 Å². The SMILES string of the molecule is CCC#CC1=C(C)C(O)CC1=O. The normalized spacial score (nSPS) is 22.6. The van der Waals surface area contributed by atoms with Gasteiger partial charge in [0.1, 0.15) is 0 Å². The molecule has 12 heavy (non-hydrogen) atoms. The van der Waals surface area contributed by atoms with Crippen LogP contribution in [0.15, 0.2) is 11.1 Å². The third-order valence-corrected chi connectivity index (χ3v) is 1.94. The molecule has 0 radical (unpaired) electrons. The summed E-state index contributed by atoms with van der Waals surface area (Å²) in [5.41, 5.74) is 1.24. The molecule has 0 amide bonds. The lowest BCUT2D eigenvalue weighted by atomic mass is 10.1. The summed E-state index contributed by atoms with van der Waals surface area (Å²) >= 11 is 0. The molecule has 0 spiro atoms. The number of carbonyl (C=O) groups is 1. The van der Waals surface area contributed by atoms with Gasteiger partial charge in [-0.25, -0.2) is 0 Å². The molecular formula is C10H12O2. The van der Waals surface area contributed by atoms with E-state index in [0.29, 0.717) is 5.57 Å². The molecule has 2 nitrogen and oxygen atoms in total. The van der Waals surface area contributed by atoms with Gasteiger partial charge in [-0.15, -0.1) is 0 Å². The van der Waals surface area contributed by atoms with Crippen LogP contribution in [0.5, 0.6) is 0 Å². The van der Waals surface area contributed by atoms with E-state index in [4.69, 9.17) is 0 Å². The van der Waals surface area contributed by atoms with Crippen molar-refractivity contribution in [2.45, 2.75) is 32.8 Å². The molecule has 0 aromatic rings. The molecule has 0 aromatic carbocycles. The summed E-state index contributed by atoms with van der Waals surface area (Å²) in [6.45, 7) is 3.69. The smallest absolute Gasteiger partial charge is 0.174 e. The number of ketones is 1. The van der Waals surface area contributed by atoms with Crippen LogP contribution < -0.4 is 0 Å². The quantitative estimate of drug-likeness (QED) is 0.543. The van der Waals surface area contributed by atoms with E-state index in [1.54, 1.807) is 6.92 Å². The van der Waals surface area contributed by atoms with E-state index in [0.717, 1.165) is 12.0 Å². The molecule has 2 heteroatoms. The van der Waals surface area contributed by atoms with Crippen molar-refractivity contribution in [3.05, 3.63) is 11.1 Å². The second-order valence-electron chi connectivity index (χ2n) is 2.86. The van der Waals surface area contributed by atoms with Gasteiger partial charge in [-0.2, -0.15) is 0 Å². The molecule has 1 atom stereocenters. The molecule has 1 aliphatic rings. The number of hydrogen-bond donors (Lipinski definition) is 1. The molecular weight excluding hydrogens is 152 g/mol. The van der Waals surface area contributed by atoms with Crippen LogP contribution in [0.4, 0.5) is 0 Å². The summed E-state index contributed by atoms with van der Waals surface area (Å²) in [6, 6.07) is 0. The van der Waals surface area contributed by atoms with Gasteiger partial charge in [-0.1, -0.05) is 18.8 Å². The van der Waals surface area contributed by atoms with Gasteiger partial charge in [-0.3, -0.25) is 4.79 Å². The van der Waals surface area contributed by atoms with Crippen LogP contribution in [0.1, 0.15) is 26.7 Å². The number of hydrogen-bond acceptors (Lipinski definition) is 2. The number of allylic oxidation sites excluding steroid dienone is 1. The average molecular weight is 164 g/mol. The maximum atomic E-state index is 11.2. The van der Waals surface area contributed by atoms with Gasteiger partial charge in [-0.05, 0) is 12.5 Å². The second kappa shape index (κ2) is 3.55. The van der Waals surface area contributed by atoms with Crippen molar-refractivity contribution in [2.24, 2.45) is 0 Å². The predicted octanol–water partition coefficient (Wildman–Crippen LogP) is 1.05. The Kier molecular flexibility index (Phi) is 2.67. The molecule has 0 saturated carbocycles. The van der Waals surface area contributed by atoms with E-state index in [1.807, 2.05) is 6.92 Å². The topological polar surface area (TPSA) is 37.3 Å². The minimum atomic E-state index is -0.598. The average Bonchev–Trinajstić information content (AvgIpc) is 2.25. The van der Waals surface area contributed by atoms with Crippen molar-refractivity contribution in [3.8, 4) is 11.8 Å². The van der Waals surface area contributed by atoms with Crippen LogP contribution in [0, 0.1) is 11.8 Å². The summed E-state index contributed by atoms with van der Waals surface area (Å²) in [6.07, 6.45) is 0.346. The van der Waals surface area contributed by atoms with Crippen molar-refractivity contribution < 1.29 is 9.90 Å². The van der Waals surface area contributed by atoms with Crippen LogP contribution in [0.25, 0.3) is 0 Å². The second-order valence-corrected chi connectivity index (χ2v) is 2.86. The summed E-state index contributed by atoms with van der Waals surface area (Å²) in [7, 11) is 0.